The SMILES string of the molecule is CCNC(=NCc1cccc(OCC)c1OC(F)F)NCCc1ccc(Cl)nc1. The van der Waals surface area contributed by atoms with Gasteiger partial charge in [-0.05, 0) is 38.0 Å². The molecule has 0 atom stereocenters. The van der Waals surface area contributed by atoms with Gasteiger partial charge >= 0.3 is 6.61 Å². The first kappa shape index (κ1) is 22.7. The molecule has 0 aliphatic heterocycles. The number of aliphatic imine (C=N–C) groups is 1. The molecule has 1 aromatic heterocycles. The van der Waals surface area contributed by atoms with Crippen LogP contribution in [0.4, 0.5) is 8.78 Å². The van der Waals surface area contributed by atoms with Gasteiger partial charge in [-0.25, -0.2) is 9.98 Å². The maximum Gasteiger partial charge on any atom is 0.387 e. The maximum atomic E-state index is 12.8. The van der Waals surface area contributed by atoms with E-state index in [4.69, 9.17) is 16.3 Å². The fraction of sp³-hybridized carbons (Fsp3) is 0.400. The maximum absolute atomic E-state index is 12.8. The zero-order valence-electron chi connectivity index (χ0n) is 16.4. The van der Waals surface area contributed by atoms with Gasteiger partial charge in [0, 0.05) is 24.8 Å². The van der Waals surface area contributed by atoms with Crippen molar-refractivity contribution in [1.82, 2.24) is 15.6 Å². The van der Waals surface area contributed by atoms with Crippen LogP contribution in [0.15, 0.2) is 41.5 Å². The molecule has 1 heterocycles. The van der Waals surface area contributed by atoms with E-state index >= 15 is 0 Å². The number of aromatic nitrogens is 1. The predicted octanol–water partition coefficient (Wildman–Crippen LogP) is 4.03. The van der Waals surface area contributed by atoms with Gasteiger partial charge in [0.15, 0.2) is 17.5 Å². The molecule has 0 unspecified atom stereocenters. The molecule has 2 N–H and O–H groups in total. The van der Waals surface area contributed by atoms with Gasteiger partial charge in [-0.2, -0.15) is 8.78 Å². The number of guanidine groups is 1. The van der Waals surface area contributed by atoms with Gasteiger partial charge in [-0.15, -0.1) is 0 Å². The third kappa shape index (κ3) is 7.73. The number of nitrogens with one attached hydrogen (secondary N) is 2. The number of pyridine rings is 1. The van der Waals surface area contributed by atoms with Crippen molar-refractivity contribution in [2.24, 2.45) is 4.99 Å². The number of benzene rings is 1. The molecule has 0 amide bonds. The highest BCUT2D eigenvalue weighted by Crippen LogP contribution is 2.33. The summed E-state index contributed by atoms with van der Waals surface area (Å²) in [6, 6.07) is 8.66. The van der Waals surface area contributed by atoms with Gasteiger partial charge in [0.2, 0.25) is 0 Å². The van der Waals surface area contributed by atoms with Crippen molar-refractivity contribution in [2.45, 2.75) is 33.4 Å². The van der Waals surface area contributed by atoms with Gasteiger partial charge in [0.05, 0.1) is 13.2 Å². The molecular formula is C20H25ClF2N4O2. The molecule has 0 aliphatic rings. The minimum absolute atomic E-state index is 0.0104. The zero-order chi connectivity index (χ0) is 21.1. The molecule has 29 heavy (non-hydrogen) atoms. The molecule has 0 fully saturated rings. The second kappa shape index (κ2) is 12.1. The number of hydrogen-bond acceptors (Lipinski definition) is 4. The van der Waals surface area contributed by atoms with E-state index < -0.39 is 6.61 Å². The Morgan fingerprint density at radius 1 is 1.21 bits per heavy atom. The smallest absolute Gasteiger partial charge is 0.387 e. The molecule has 0 radical (unpaired) electrons. The molecule has 9 heteroatoms. The summed E-state index contributed by atoms with van der Waals surface area (Å²) in [7, 11) is 0. The molecule has 0 saturated heterocycles. The number of ether oxygens (including phenoxy) is 2. The van der Waals surface area contributed by atoms with Crippen molar-refractivity contribution >= 4 is 17.6 Å². The number of hydrogen-bond donors (Lipinski definition) is 2. The summed E-state index contributed by atoms with van der Waals surface area (Å²) < 4.78 is 35.8. The normalized spacial score (nSPS) is 11.4. The summed E-state index contributed by atoms with van der Waals surface area (Å²) in [5.74, 6) is 0.851. The Morgan fingerprint density at radius 3 is 2.69 bits per heavy atom. The van der Waals surface area contributed by atoms with Gasteiger partial charge in [-0.3, -0.25) is 0 Å². The molecule has 0 aliphatic carbocycles. The van der Waals surface area contributed by atoms with Crippen molar-refractivity contribution < 1.29 is 18.3 Å². The van der Waals surface area contributed by atoms with E-state index in [1.54, 1.807) is 37.4 Å². The van der Waals surface area contributed by atoms with Crippen LogP contribution in [-0.2, 0) is 13.0 Å². The van der Waals surface area contributed by atoms with Crippen molar-refractivity contribution in [2.75, 3.05) is 19.7 Å². The van der Waals surface area contributed by atoms with Crippen LogP contribution in [-0.4, -0.2) is 37.3 Å². The van der Waals surface area contributed by atoms with Crippen LogP contribution >= 0.6 is 11.6 Å². The number of alkyl halides is 2. The Bertz CT molecular complexity index is 789. The van der Waals surface area contributed by atoms with Gasteiger partial charge < -0.3 is 20.1 Å². The summed E-state index contributed by atoms with van der Waals surface area (Å²) in [5.41, 5.74) is 1.55. The van der Waals surface area contributed by atoms with E-state index in [0.29, 0.717) is 36.4 Å². The van der Waals surface area contributed by atoms with E-state index in [9.17, 15) is 8.78 Å². The highest BCUT2D eigenvalue weighted by atomic mass is 35.5. The number of halogens is 3. The number of rotatable bonds is 10. The van der Waals surface area contributed by atoms with Crippen molar-refractivity contribution in [3.05, 3.63) is 52.8 Å². The number of para-hydroxylation sites is 1. The molecule has 2 rings (SSSR count). The molecule has 0 spiro atoms. The number of nitrogens with zero attached hydrogens (tertiary/aromatic N) is 2. The first-order valence-corrected chi connectivity index (χ1v) is 9.73. The average molecular weight is 427 g/mol. The fourth-order valence-electron chi connectivity index (χ4n) is 2.56. The van der Waals surface area contributed by atoms with E-state index in [0.717, 1.165) is 12.0 Å². The largest absolute Gasteiger partial charge is 0.490 e. The van der Waals surface area contributed by atoms with Crippen molar-refractivity contribution in [1.29, 1.82) is 0 Å². The van der Waals surface area contributed by atoms with Crippen LogP contribution in [0.1, 0.15) is 25.0 Å². The molecule has 0 saturated carbocycles. The fourth-order valence-corrected chi connectivity index (χ4v) is 2.68. The second-order valence-corrected chi connectivity index (χ2v) is 6.30. The van der Waals surface area contributed by atoms with E-state index in [2.05, 4.69) is 25.3 Å². The minimum atomic E-state index is -2.95. The lowest BCUT2D eigenvalue weighted by Gasteiger charge is -2.15. The van der Waals surface area contributed by atoms with Crippen molar-refractivity contribution in [3.63, 3.8) is 0 Å². The Kier molecular flexibility index (Phi) is 9.43. The van der Waals surface area contributed by atoms with Crippen LogP contribution < -0.4 is 20.1 Å². The van der Waals surface area contributed by atoms with Crippen LogP contribution in [0.5, 0.6) is 11.5 Å². The highest BCUT2D eigenvalue weighted by Gasteiger charge is 2.15. The monoisotopic (exact) mass is 426 g/mol. The topological polar surface area (TPSA) is 67.8 Å². The third-order valence-electron chi connectivity index (χ3n) is 3.81. The summed E-state index contributed by atoms with van der Waals surface area (Å²) in [6.07, 6.45) is 2.45. The lowest BCUT2D eigenvalue weighted by Crippen LogP contribution is -2.38. The van der Waals surface area contributed by atoms with Gasteiger partial charge in [-0.1, -0.05) is 29.8 Å². The summed E-state index contributed by atoms with van der Waals surface area (Å²) in [5, 5.41) is 6.79. The second-order valence-electron chi connectivity index (χ2n) is 5.92. The molecule has 6 nitrogen and oxygen atoms in total. The summed E-state index contributed by atoms with van der Waals surface area (Å²) in [4.78, 5) is 8.53. The highest BCUT2D eigenvalue weighted by molar-refractivity contribution is 6.29. The molecule has 0 bridgehead atoms. The van der Waals surface area contributed by atoms with Crippen LogP contribution in [0, 0.1) is 0 Å². The van der Waals surface area contributed by atoms with Crippen LogP contribution in [0.3, 0.4) is 0 Å². The molecule has 158 valence electrons. The first-order chi connectivity index (χ1) is 14.0. The van der Waals surface area contributed by atoms with Crippen molar-refractivity contribution in [3.8, 4) is 11.5 Å². The lowest BCUT2D eigenvalue weighted by atomic mass is 10.2. The lowest BCUT2D eigenvalue weighted by molar-refractivity contribution is -0.0520. The Labute approximate surface area is 174 Å². The Hall–Kier alpha value is -2.61. The first-order valence-electron chi connectivity index (χ1n) is 9.35. The Balaban J connectivity index is 2.06. The standard InChI is InChI=1S/C20H25ClF2N4O2/c1-3-24-20(25-11-10-14-8-9-17(21)26-12-14)27-13-15-6-5-7-16(28-4-2)18(15)29-19(22)23/h5-9,12,19H,3-4,10-11,13H2,1-2H3,(H2,24,25,27). The summed E-state index contributed by atoms with van der Waals surface area (Å²) in [6.45, 7) is 2.56. The molecule has 2 aromatic rings. The van der Waals surface area contributed by atoms with E-state index in [1.165, 1.54) is 0 Å². The zero-order valence-corrected chi connectivity index (χ0v) is 17.2. The Morgan fingerprint density at radius 2 is 2.03 bits per heavy atom. The van der Waals surface area contributed by atoms with E-state index in [1.807, 2.05) is 13.0 Å². The minimum Gasteiger partial charge on any atom is -0.490 e. The van der Waals surface area contributed by atoms with E-state index in [-0.39, 0.29) is 18.0 Å². The quantitative estimate of drug-likeness (QED) is 0.341. The van der Waals surface area contributed by atoms with Gasteiger partial charge in [0.1, 0.15) is 5.15 Å². The average Bonchev–Trinajstić information content (AvgIpc) is 2.69. The van der Waals surface area contributed by atoms with Crippen LogP contribution in [0.2, 0.25) is 5.15 Å². The molecule has 1 aromatic carbocycles. The third-order valence-corrected chi connectivity index (χ3v) is 4.04. The van der Waals surface area contributed by atoms with Gasteiger partial charge in [0.25, 0.3) is 0 Å². The summed E-state index contributed by atoms with van der Waals surface area (Å²) >= 11 is 5.79. The molecular weight excluding hydrogens is 402 g/mol. The predicted molar refractivity (Wildman–Crippen MR) is 110 cm³/mol. The van der Waals surface area contributed by atoms with Crippen LogP contribution in [0.25, 0.3) is 0 Å².